The summed E-state index contributed by atoms with van der Waals surface area (Å²) in [6.07, 6.45) is 46.6. The van der Waals surface area contributed by atoms with Crippen molar-refractivity contribution >= 4 is 17.9 Å². The third kappa shape index (κ3) is 45.8. The standard InChI is InChI=1S/C53H102O6/c1-6-8-9-10-11-12-13-14-15-18-21-24-27-33-38-43-51(54)57-46-50(47-58-52(55)44-39-34-30-29-32-37-42-49(5)7-2)59-53(56)45-40-35-28-25-22-19-16-17-20-23-26-31-36-41-48(3)4/h48-50H,6-47H2,1-5H3/t49?,50-/m1/s1. The smallest absolute Gasteiger partial charge is 0.306 e. The lowest BCUT2D eigenvalue weighted by atomic mass is 10.00. The Morgan fingerprint density at radius 1 is 0.356 bits per heavy atom. The zero-order valence-corrected chi connectivity index (χ0v) is 40.4. The van der Waals surface area contributed by atoms with Crippen LogP contribution in [0.1, 0.15) is 291 Å². The van der Waals surface area contributed by atoms with Crippen molar-refractivity contribution in [2.24, 2.45) is 11.8 Å². The third-order valence-electron chi connectivity index (χ3n) is 12.3. The first-order chi connectivity index (χ1) is 28.8. The molecule has 1 unspecified atom stereocenters. The highest BCUT2D eigenvalue weighted by atomic mass is 16.6. The van der Waals surface area contributed by atoms with Gasteiger partial charge in [0, 0.05) is 19.3 Å². The van der Waals surface area contributed by atoms with Gasteiger partial charge in [-0.15, -0.1) is 0 Å². The van der Waals surface area contributed by atoms with Gasteiger partial charge in [-0.2, -0.15) is 0 Å². The van der Waals surface area contributed by atoms with Crippen LogP contribution in [0.2, 0.25) is 0 Å². The van der Waals surface area contributed by atoms with Crippen molar-refractivity contribution in [2.75, 3.05) is 13.2 Å². The molecule has 0 saturated heterocycles. The van der Waals surface area contributed by atoms with E-state index in [9.17, 15) is 14.4 Å². The van der Waals surface area contributed by atoms with E-state index in [4.69, 9.17) is 14.2 Å². The molecule has 2 atom stereocenters. The Balaban J connectivity index is 4.29. The van der Waals surface area contributed by atoms with E-state index in [2.05, 4.69) is 34.6 Å². The van der Waals surface area contributed by atoms with Crippen LogP contribution in [0.15, 0.2) is 0 Å². The van der Waals surface area contributed by atoms with Gasteiger partial charge in [0.25, 0.3) is 0 Å². The molecule has 0 aliphatic rings. The van der Waals surface area contributed by atoms with Crippen LogP contribution in [0.4, 0.5) is 0 Å². The number of hydrogen-bond acceptors (Lipinski definition) is 6. The summed E-state index contributed by atoms with van der Waals surface area (Å²) in [5, 5.41) is 0. The Kier molecular flexibility index (Phi) is 44.7. The number of unbranched alkanes of at least 4 members (excludes halogenated alkanes) is 31. The van der Waals surface area contributed by atoms with Crippen LogP contribution in [-0.2, 0) is 28.6 Å². The second-order valence-corrected chi connectivity index (χ2v) is 18.9. The lowest BCUT2D eigenvalue weighted by molar-refractivity contribution is -0.167. The second-order valence-electron chi connectivity index (χ2n) is 18.9. The van der Waals surface area contributed by atoms with Crippen LogP contribution >= 0.6 is 0 Å². The molecule has 0 aliphatic heterocycles. The molecule has 0 aromatic carbocycles. The highest BCUT2D eigenvalue weighted by Crippen LogP contribution is 2.18. The van der Waals surface area contributed by atoms with E-state index in [1.54, 1.807) is 0 Å². The summed E-state index contributed by atoms with van der Waals surface area (Å²) in [6, 6.07) is 0. The first-order valence-electron chi connectivity index (χ1n) is 26.3. The van der Waals surface area contributed by atoms with E-state index in [1.807, 2.05) is 0 Å². The van der Waals surface area contributed by atoms with Crippen LogP contribution in [-0.4, -0.2) is 37.2 Å². The molecule has 0 aliphatic carbocycles. The molecule has 0 fully saturated rings. The molecule has 0 heterocycles. The highest BCUT2D eigenvalue weighted by Gasteiger charge is 2.19. The molecule has 0 saturated carbocycles. The van der Waals surface area contributed by atoms with Crippen molar-refractivity contribution in [3.63, 3.8) is 0 Å². The van der Waals surface area contributed by atoms with Gasteiger partial charge in [-0.3, -0.25) is 14.4 Å². The maximum atomic E-state index is 12.8. The van der Waals surface area contributed by atoms with Crippen molar-refractivity contribution in [3.8, 4) is 0 Å². The van der Waals surface area contributed by atoms with Crippen molar-refractivity contribution < 1.29 is 28.6 Å². The van der Waals surface area contributed by atoms with E-state index in [0.717, 1.165) is 69.6 Å². The van der Waals surface area contributed by atoms with Gasteiger partial charge in [0.2, 0.25) is 0 Å². The Morgan fingerprint density at radius 3 is 0.966 bits per heavy atom. The fourth-order valence-electron chi connectivity index (χ4n) is 7.96. The van der Waals surface area contributed by atoms with E-state index >= 15 is 0 Å². The number of ether oxygens (including phenoxy) is 3. The SMILES string of the molecule is CCCCCCCCCCCCCCCCCC(=O)OC[C@H](COC(=O)CCCCCCCCC(C)CC)OC(=O)CCCCCCCCCCCCCCCC(C)C. The fraction of sp³-hybridized carbons (Fsp3) is 0.943. The van der Waals surface area contributed by atoms with Gasteiger partial charge < -0.3 is 14.2 Å². The molecule has 0 spiro atoms. The van der Waals surface area contributed by atoms with Gasteiger partial charge in [-0.05, 0) is 31.1 Å². The van der Waals surface area contributed by atoms with Gasteiger partial charge in [0.15, 0.2) is 6.10 Å². The van der Waals surface area contributed by atoms with Gasteiger partial charge in [0.05, 0.1) is 0 Å². The quantitative estimate of drug-likeness (QED) is 0.0345. The topological polar surface area (TPSA) is 78.9 Å². The molecule has 0 N–H and O–H groups in total. The monoisotopic (exact) mass is 835 g/mol. The molecule has 0 aromatic rings. The van der Waals surface area contributed by atoms with Crippen molar-refractivity contribution in [1.29, 1.82) is 0 Å². The van der Waals surface area contributed by atoms with Crippen LogP contribution in [0.25, 0.3) is 0 Å². The van der Waals surface area contributed by atoms with Crippen molar-refractivity contribution in [3.05, 3.63) is 0 Å². The molecule has 0 rings (SSSR count). The fourth-order valence-corrected chi connectivity index (χ4v) is 7.96. The third-order valence-corrected chi connectivity index (χ3v) is 12.3. The van der Waals surface area contributed by atoms with Crippen molar-refractivity contribution in [2.45, 2.75) is 298 Å². The summed E-state index contributed by atoms with van der Waals surface area (Å²) in [5.41, 5.74) is 0. The minimum atomic E-state index is -0.762. The average molecular weight is 835 g/mol. The lowest BCUT2D eigenvalue weighted by Gasteiger charge is -2.18. The predicted octanol–water partition coefficient (Wildman–Crippen LogP) is 16.9. The summed E-state index contributed by atoms with van der Waals surface area (Å²) in [5.74, 6) is 0.803. The lowest BCUT2D eigenvalue weighted by Crippen LogP contribution is -2.30. The number of carbonyl (C=O) groups excluding carboxylic acids is 3. The van der Waals surface area contributed by atoms with Crippen LogP contribution in [0, 0.1) is 11.8 Å². The summed E-state index contributed by atoms with van der Waals surface area (Å²) in [7, 11) is 0. The van der Waals surface area contributed by atoms with Gasteiger partial charge in [0.1, 0.15) is 13.2 Å². The predicted molar refractivity (Wildman–Crippen MR) is 252 cm³/mol. The first-order valence-corrected chi connectivity index (χ1v) is 26.3. The van der Waals surface area contributed by atoms with Crippen LogP contribution < -0.4 is 0 Å². The van der Waals surface area contributed by atoms with E-state index in [0.29, 0.717) is 19.3 Å². The number of rotatable bonds is 47. The Labute approximate surface area is 368 Å². The van der Waals surface area contributed by atoms with Crippen LogP contribution in [0.5, 0.6) is 0 Å². The first kappa shape index (κ1) is 57.4. The number of hydrogen-bond donors (Lipinski definition) is 0. The maximum Gasteiger partial charge on any atom is 0.306 e. The number of esters is 3. The molecular formula is C53H102O6. The van der Waals surface area contributed by atoms with E-state index in [1.165, 1.54) is 180 Å². The summed E-state index contributed by atoms with van der Waals surface area (Å²) in [6.45, 7) is 11.4. The molecule has 59 heavy (non-hydrogen) atoms. The number of carbonyl (C=O) groups is 3. The molecule has 6 heteroatoms. The summed E-state index contributed by atoms with van der Waals surface area (Å²) >= 11 is 0. The minimum absolute atomic E-state index is 0.0641. The molecule has 0 amide bonds. The summed E-state index contributed by atoms with van der Waals surface area (Å²) in [4.78, 5) is 37.9. The Morgan fingerprint density at radius 2 is 0.644 bits per heavy atom. The zero-order valence-electron chi connectivity index (χ0n) is 40.4. The highest BCUT2D eigenvalue weighted by molar-refractivity contribution is 5.71. The minimum Gasteiger partial charge on any atom is -0.462 e. The second kappa shape index (κ2) is 45.9. The largest absolute Gasteiger partial charge is 0.462 e. The molecule has 350 valence electrons. The van der Waals surface area contributed by atoms with Gasteiger partial charge in [-0.1, -0.05) is 253 Å². The molecule has 6 nitrogen and oxygen atoms in total. The Bertz CT molecular complexity index is 902. The summed E-state index contributed by atoms with van der Waals surface area (Å²) < 4.78 is 16.8. The van der Waals surface area contributed by atoms with Gasteiger partial charge >= 0.3 is 17.9 Å². The van der Waals surface area contributed by atoms with Crippen molar-refractivity contribution in [1.82, 2.24) is 0 Å². The zero-order chi connectivity index (χ0) is 43.3. The average Bonchev–Trinajstić information content (AvgIpc) is 3.22. The molecule has 0 aromatic heterocycles. The molecule has 0 bridgehead atoms. The van der Waals surface area contributed by atoms with Crippen LogP contribution in [0.3, 0.4) is 0 Å². The normalized spacial score (nSPS) is 12.5. The maximum absolute atomic E-state index is 12.8. The molecule has 0 radical (unpaired) electrons. The van der Waals surface area contributed by atoms with E-state index in [-0.39, 0.29) is 31.1 Å². The Hall–Kier alpha value is -1.59. The van der Waals surface area contributed by atoms with Gasteiger partial charge in [-0.25, -0.2) is 0 Å². The van der Waals surface area contributed by atoms with E-state index < -0.39 is 6.10 Å². The molecular weight excluding hydrogens is 733 g/mol.